The molecule has 140 valence electrons. The van der Waals surface area contributed by atoms with E-state index in [0.29, 0.717) is 18.5 Å². The minimum absolute atomic E-state index is 0.0485. The van der Waals surface area contributed by atoms with Gasteiger partial charge in [-0.1, -0.05) is 24.3 Å². The second kappa shape index (κ2) is 8.36. The molecule has 26 heavy (non-hydrogen) atoms. The molecule has 6 heteroatoms. The van der Waals surface area contributed by atoms with E-state index in [-0.39, 0.29) is 18.4 Å². The molecule has 0 aliphatic carbocycles. The number of aryl methyl sites for hydroxylation is 1. The van der Waals surface area contributed by atoms with Crippen LogP contribution in [0.2, 0.25) is 0 Å². The molecule has 0 radical (unpaired) electrons. The molecule has 1 aromatic rings. The molecule has 1 aromatic carbocycles. The van der Waals surface area contributed by atoms with Gasteiger partial charge in [0.15, 0.2) is 0 Å². The van der Waals surface area contributed by atoms with Crippen LogP contribution in [-0.2, 0) is 20.7 Å². The highest BCUT2D eigenvalue weighted by molar-refractivity contribution is 6.22. The van der Waals surface area contributed by atoms with Gasteiger partial charge in [-0.05, 0) is 49.9 Å². The Bertz CT molecular complexity index is 690. The van der Waals surface area contributed by atoms with Gasteiger partial charge in [-0.15, -0.1) is 0 Å². The Morgan fingerprint density at radius 3 is 2.58 bits per heavy atom. The van der Waals surface area contributed by atoms with Crippen molar-refractivity contribution in [2.75, 3.05) is 26.7 Å². The number of piperidine rings is 1. The van der Waals surface area contributed by atoms with Gasteiger partial charge in [0.25, 0.3) is 5.91 Å². The third kappa shape index (κ3) is 4.07. The summed E-state index contributed by atoms with van der Waals surface area (Å²) >= 11 is 0. The van der Waals surface area contributed by atoms with E-state index in [1.165, 1.54) is 0 Å². The van der Waals surface area contributed by atoms with Crippen molar-refractivity contribution in [3.05, 3.63) is 41.2 Å². The Hall–Kier alpha value is -2.34. The van der Waals surface area contributed by atoms with Gasteiger partial charge in [0.1, 0.15) is 5.76 Å². The molecule has 1 saturated heterocycles. The highest BCUT2D eigenvalue weighted by Crippen LogP contribution is 2.32. The summed E-state index contributed by atoms with van der Waals surface area (Å²) in [6.07, 6.45) is 3.45. The first kappa shape index (κ1) is 18.5. The molecule has 0 bridgehead atoms. The lowest BCUT2D eigenvalue weighted by Gasteiger charge is -2.31. The van der Waals surface area contributed by atoms with Crippen LogP contribution in [0.4, 0.5) is 0 Å². The number of benzene rings is 1. The Balaban J connectivity index is 1.71. The number of carbonyl (C=O) groups excluding carboxylic acids is 1. The number of carboxylic acid groups (broad SMARTS) is 1. The van der Waals surface area contributed by atoms with Gasteiger partial charge in [0, 0.05) is 12.5 Å². The average Bonchev–Trinajstić information content (AvgIpc) is 2.99. The summed E-state index contributed by atoms with van der Waals surface area (Å²) < 4.78 is 5.53. The molecule has 6 nitrogen and oxygen atoms in total. The minimum atomic E-state index is -0.772. The van der Waals surface area contributed by atoms with Crippen molar-refractivity contribution in [1.29, 1.82) is 0 Å². The number of ether oxygens (including phenoxy) is 1. The van der Waals surface area contributed by atoms with Crippen LogP contribution < -0.4 is 5.32 Å². The van der Waals surface area contributed by atoms with Crippen LogP contribution in [0.25, 0.3) is 5.57 Å². The summed E-state index contributed by atoms with van der Waals surface area (Å²) in [7, 11) is 1.62. The first-order valence-electron chi connectivity index (χ1n) is 9.20. The van der Waals surface area contributed by atoms with Crippen molar-refractivity contribution in [3.63, 3.8) is 0 Å². The van der Waals surface area contributed by atoms with Gasteiger partial charge in [-0.3, -0.25) is 9.59 Å². The highest BCUT2D eigenvalue weighted by atomic mass is 16.5. The highest BCUT2D eigenvalue weighted by Gasteiger charge is 2.36. The van der Waals surface area contributed by atoms with E-state index < -0.39 is 5.97 Å². The summed E-state index contributed by atoms with van der Waals surface area (Å²) in [4.78, 5) is 25.6. The van der Waals surface area contributed by atoms with Crippen LogP contribution in [0.15, 0.2) is 30.0 Å². The van der Waals surface area contributed by atoms with Gasteiger partial charge in [0.2, 0.25) is 0 Å². The largest absolute Gasteiger partial charge is 0.498 e. The molecule has 0 spiro atoms. The molecule has 2 aliphatic heterocycles. The number of hydrogen-bond donors (Lipinski definition) is 2. The quantitative estimate of drug-likeness (QED) is 0.780. The number of nitrogens with zero attached hydrogens (tertiary/aromatic N) is 1. The molecule has 0 unspecified atom stereocenters. The zero-order chi connectivity index (χ0) is 18.5. The number of methoxy groups -OCH3 is 1. The van der Waals surface area contributed by atoms with E-state index in [1.54, 1.807) is 7.11 Å². The topological polar surface area (TPSA) is 78.9 Å². The number of nitrogens with one attached hydrogen (secondary N) is 1. The third-order valence-corrected chi connectivity index (χ3v) is 5.16. The molecule has 0 saturated carbocycles. The Kier molecular flexibility index (Phi) is 5.93. The predicted octanol–water partition coefficient (Wildman–Crippen LogP) is 2.05. The van der Waals surface area contributed by atoms with Gasteiger partial charge >= 0.3 is 5.97 Å². The lowest BCUT2D eigenvalue weighted by molar-refractivity contribution is -0.137. The Morgan fingerprint density at radius 1 is 1.27 bits per heavy atom. The zero-order valence-corrected chi connectivity index (χ0v) is 15.2. The third-order valence-electron chi connectivity index (χ3n) is 5.16. The van der Waals surface area contributed by atoms with Gasteiger partial charge in [0.05, 0.1) is 19.2 Å². The molecule has 0 atom stereocenters. The monoisotopic (exact) mass is 358 g/mol. The number of carbonyl (C=O) groups is 2. The number of hydrogen-bond acceptors (Lipinski definition) is 4. The van der Waals surface area contributed by atoms with Crippen LogP contribution in [0.1, 0.15) is 36.8 Å². The maximum absolute atomic E-state index is 13.0. The fourth-order valence-electron chi connectivity index (χ4n) is 3.71. The van der Waals surface area contributed by atoms with E-state index >= 15 is 0 Å². The molecule has 0 aromatic heterocycles. The fraction of sp³-hybridized carbons (Fsp3) is 0.500. The van der Waals surface area contributed by atoms with Crippen molar-refractivity contribution in [2.24, 2.45) is 0 Å². The molecular formula is C20H26N2O4. The zero-order valence-electron chi connectivity index (χ0n) is 15.2. The number of aliphatic carboxylic acids is 1. The molecule has 3 rings (SSSR count). The first-order chi connectivity index (χ1) is 12.6. The van der Waals surface area contributed by atoms with Crippen molar-refractivity contribution in [2.45, 2.75) is 38.1 Å². The van der Waals surface area contributed by atoms with Gasteiger partial charge in [-0.2, -0.15) is 0 Å². The normalized spacial score (nSPS) is 18.5. The maximum Gasteiger partial charge on any atom is 0.303 e. The van der Waals surface area contributed by atoms with Crippen LogP contribution in [0.5, 0.6) is 0 Å². The number of carboxylic acids is 1. The average molecular weight is 358 g/mol. The van der Waals surface area contributed by atoms with Crippen LogP contribution >= 0.6 is 0 Å². The second-order valence-electron chi connectivity index (χ2n) is 6.86. The van der Waals surface area contributed by atoms with Gasteiger partial charge in [-0.25, -0.2) is 0 Å². The SMILES string of the molecule is COC1=C(c2ccc(CCCC(=O)O)cc2)C(=O)N(C2CCNCC2)C1. The molecule has 2 aliphatic rings. The second-order valence-corrected chi connectivity index (χ2v) is 6.86. The van der Waals surface area contributed by atoms with E-state index in [4.69, 9.17) is 9.84 Å². The summed E-state index contributed by atoms with van der Waals surface area (Å²) in [5.41, 5.74) is 2.60. The Morgan fingerprint density at radius 2 is 1.96 bits per heavy atom. The van der Waals surface area contributed by atoms with Gasteiger partial charge < -0.3 is 20.1 Å². The first-order valence-corrected chi connectivity index (χ1v) is 9.20. The standard InChI is InChI=1S/C20H26N2O4/c1-26-17-13-22(16-9-11-21-12-10-16)20(25)19(17)15-7-5-14(6-8-15)3-2-4-18(23)24/h5-8,16,21H,2-4,9-13H2,1H3,(H,23,24). The van der Waals surface area contributed by atoms with Crippen molar-refractivity contribution >= 4 is 17.4 Å². The predicted molar refractivity (Wildman–Crippen MR) is 98.5 cm³/mol. The summed E-state index contributed by atoms with van der Waals surface area (Å²) in [5.74, 6) is 0.00519. The lowest BCUT2D eigenvalue weighted by atomic mass is 10.0. The van der Waals surface area contributed by atoms with Crippen molar-refractivity contribution < 1.29 is 19.4 Å². The maximum atomic E-state index is 13.0. The lowest BCUT2D eigenvalue weighted by Crippen LogP contribution is -2.44. The Labute approximate surface area is 153 Å². The number of amides is 1. The van der Waals surface area contributed by atoms with Crippen molar-refractivity contribution in [3.8, 4) is 0 Å². The van der Waals surface area contributed by atoms with Crippen molar-refractivity contribution in [1.82, 2.24) is 10.2 Å². The van der Waals surface area contributed by atoms with E-state index in [2.05, 4.69) is 5.32 Å². The fourth-order valence-corrected chi connectivity index (χ4v) is 3.71. The molecule has 1 fully saturated rings. The molecule has 2 heterocycles. The summed E-state index contributed by atoms with van der Waals surface area (Å²) in [6, 6.07) is 8.08. The summed E-state index contributed by atoms with van der Waals surface area (Å²) in [6.45, 7) is 2.42. The minimum Gasteiger partial charge on any atom is -0.498 e. The van der Waals surface area contributed by atoms with E-state index in [1.807, 2.05) is 29.2 Å². The van der Waals surface area contributed by atoms with E-state index in [9.17, 15) is 9.59 Å². The number of rotatable bonds is 7. The van der Waals surface area contributed by atoms with Crippen LogP contribution in [0.3, 0.4) is 0 Å². The van der Waals surface area contributed by atoms with Crippen LogP contribution in [0, 0.1) is 0 Å². The smallest absolute Gasteiger partial charge is 0.303 e. The summed E-state index contributed by atoms with van der Waals surface area (Å²) in [5, 5.41) is 12.1. The van der Waals surface area contributed by atoms with E-state index in [0.717, 1.165) is 49.2 Å². The molecule has 1 amide bonds. The van der Waals surface area contributed by atoms with Crippen LogP contribution in [-0.4, -0.2) is 54.7 Å². The molecule has 2 N–H and O–H groups in total. The molecular weight excluding hydrogens is 332 g/mol.